The molecule has 0 unspecified atom stereocenters. The lowest BCUT2D eigenvalue weighted by Gasteiger charge is -2.31. The van der Waals surface area contributed by atoms with Crippen LogP contribution < -0.4 is 15.1 Å². The summed E-state index contributed by atoms with van der Waals surface area (Å²) in [4.78, 5) is 40.1. The molecule has 0 radical (unpaired) electrons. The van der Waals surface area contributed by atoms with E-state index in [2.05, 4.69) is 15.3 Å². The zero-order valence-electron chi connectivity index (χ0n) is 23.8. The zero-order valence-corrected chi connectivity index (χ0v) is 24.6. The Morgan fingerprint density at radius 2 is 1.70 bits per heavy atom. The Bertz CT molecular complexity index is 1570. The molecule has 2 aliphatic heterocycles. The van der Waals surface area contributed by atoms with Crippen molar-refractivity contribution in [2.45, 2.75) is 31.4 Å². The van der Waals surface area contributed by atoms with Crippen molar-refractivity contribution >= 4 is 40.7 Å². The molecule has 6 rings (SSSR count). The molecule has 4 aromatic rings. The summed E-state index contributed by atoms with van der Waals surface area (Å²) in [7, 11) is 0. The van der Waals surface area contributed by atoms with E-state index in [1.807, 2.05) is 57.6 Å². The molecule has 3 aromatic heterocycles. The Morgan fingerprint density at radius 1 is 0.909 bits per heavy atom. The number of halogens is 3. The first-order valence-electron chi connectivity index (χ1n) is 14.5. The molecule has 9 nitrogen and oxygen atoms in total. The highest BCUT2D eigenvalue weighted by atomic mass is 32.1. The second-order valence-electron chi connectivity index (χ2n) is 10.8. The smallest absolute Gasteiger partial charge is 0.417 e. The molecule has 0 bridgehead atoms. The van der Waals surface area contributed by atoms with Crippen molar-refractivity contribution in [1.82, 2.24) is 14.9 Å². The number of hydrogen-bond acceptors (Lipinski definition) is 8. The summed E-state index contributed by atoms with van der Waals surface area (Å²) in [5, 5.41) is 4.35. The van der Waals surface area contributed by atoms with Gasteiger partial charge in [0.1, 0.15) is 5.82 Å². The lowest BCUT2D eigenvalue weighted by atomic mass is 9.90. The minimum Gasteiger partial charge on any atom is -0.417 e. The predicted molar refractivity (Wildman–Crippen MR) is 161 cm³/mol. The zero-order chi connectivity index (χ0) is 30.7. The number of rotatable bonds is 6. The fourth-order valence-corrected chi connectivity index (χ4v) is 6.35. The molecule has 0 spiro atoms. The van der Waals surface area contributed by atoms with Crippen LogP contribution in [-0.2, 0) is 6.18 Å². The molecule has 1 aromatic carbocycles. The highest BCUT2D eigenvalue weighted by molar-refractivity contribution is 7.12. The number of benzene rings is 1. The minimum atomic E-state index is -4.87. The third-order valence-corrected chi connectivity index (χ3v) is 8.83. The molecular formula is C31H31F3N6O3S. The van der Waals surface area contributed by atoms with Crippen molar-refractivity contribution < 1.29 is 27.2 Å². The van der Waals surface area contributed by atoms with Gasteiger partial charge in [-0.05, 0) is 54.3 Å². The summed E-state index contributed by atoms with van der Waals surface area (Å²) < 4.78 is 47.2. The van der Waals surface area contributed by atoms with Crippen LogP contribution in [0.1, 0.15) is 56.7 Å². The molecule has 0 saturated carbocycles. The molecule has 0 atom stereocenters. The molecular weight excluding hydrogens is 593 g/mol. The van der Waals surface area contributed by atoms with Crippen LogP contribution in [0.5, 0.6) is 0 Å². The van der Waals surface area contributed by atoms with E-state index in [4.69, 9.17) is 4.42 Å². The SMILES string of the molecule is O=C(Nc1ccc(N2CCCN(C(=O)c3cccs3)CC2)nc1)c1oc(N2CCC(c3ccccc3)CC2)nc1C(F)(F)F. The van der Waals surface area contributed by atoms with Crippen LogP contribution in [0.15, 0.2) is 70.6 Å². The molecule has 2 saturated heterocycles. The fourth-order valence-electron chi connectivity index (χ4n) is 5.66. The van der Waals surface area contributed by atoms with Gasteiger partial charge in [0.05, 0.1) is 16.8 Å². The van der Waals surface area contributed by atoms with Crippen LogP contribution in [0.4, 0.5) is 30.7 Å². The number of oxazole rings is 1. The van der Waals surface area contributed by atoms with Crippen LogP contribution in [-0.4, -0.2) is 66.0 Å². The van der Waals surface area contributed by atoms with E-state index in [1.54, 1.807) is 17.0 Å². The molecule has 2 amide bonds. The van der Waals surface area contributed by atoms with Crippen molar-refractivity contribution in [3.63, 3.8) is 0 Å². The van der Waals surface area contributed by atoms with E-state index in [1.165, 1.54) is 23.1 Å². The van der Waals surface area contributed by atoms with Crippen LogP contribution in [0.25, 0.3) is 0 Å². The van der Waals surface area contributed by atoms with Crippen molar-refractivity contribution in [3.05, 3.63) is 88.1 Å². The number of nitrogens with zero attached hydrogens (tertiary/aromatic N) is 5. The first kappa shape index (κ1) is 29.7. The van der Waals surface area contributed by atoms with E-state index in [9.17, 15) is 22.8 Å². The quantitative estimate of drug-likeness (QED) is 0.276. The molecule has 230 valence electrons. The van der Waals surface area contributed by atoms with Crippen molar-refractivity contribution in [1.29, 1.82) is 0 Å². The molecule has 5 heterocycles. The maximum absolute atomic E-state index is 13.9. The number of nitrogens with one attached hydrogen (secondary N) is 1. The topological polar surface area (TPSA) is 94.8 Å². The van der Waals surface area contributed by atoms with E-state index in [0.717, 1.165) is 19.3 Å². The standard InChI is InChI=1S/C31H31F3N6O3S/c32-31(33,34)27-26(43-30(37-27)40-15-11-22(12-16-40)21-6-2-1-3-7-21)28(41)36-23-9-10-25(35-20-23)38-13-5-14-39(18-17-38)29(42)24-8-4-19-44-24/h1-4,6-10,19-20,22H,5,11-18H2,(H,36,41). The van der Waals surface area contributed by atoms with Crippen LogP contribution in [0, 0.1) is 0 Å². The second kappa shape index (κ2) is 12.7. The second-order valence-corrected chi connectivity index (χ2v) is 11.8. The van der Waals surface area contributed by atoms with Gasteiger partial charge in [0, 0.05) is 39.3 Å². The number of hydrogen-bond donors (Lipinski definition) is 1. The maximum atomic E-state index is 13.9. The van der Waals surface area contributed by atoms with Crippen molar-refractivity contribution in [2.75, 3.05) is 54.4 Å². The lowest BCUT2D eigenvalue weighted by Crippen LogP contribution is -2.35. The van der Waals surface area contributed by atoms with Gasteiger partial charge in [-0.15, -0.1) is 11.3 Å². The molecule has 0 aliphatic carbocycles. The molecule has 44 heavy (non-hydrogen) atoms. The number of thiophene rings is 1. The lowest BCUT2D eigenvalue weighted by molar-refractivity contribution is -0.141. The van der Waals surface area contributed by atoms with E-state index in [-0.39, 0.29) is 17.6 Å². The van der Waals surface area contributed by atoms with E-state index in [0.29, 0.717) is 55.9 Å². The maximum Gasteiger partial charge on any atom is 0.437 e. The Hall–Kier alpha value is -4.39. The molecule has 13 heteroatoms. The van der Waals surface area contributed by atoms with Gasteiger partial charge in [0.2, 0.25) is 5.76 Å². The third-order valence-electron chi connectivity index (χ3n) is 7.97. The summed E-state index contributed by atoms with van der Waals surface area (Å²) in [6, 6.07) is 16.7. The monoisotopic (exact) mass is 624 g/mol. The van der Waals surface area contributed by atoms with Crippen molar-refractivity contribution in [3.8, 4) is 0 Å². The van der Waals surface area contributed by atoms with Crippen LogP contribution in [0.3, 0.4) is 0 Å². The normalized spacial score (nSPS) is 16.6. The third kappa shape index (κ3) is 6.57. The van der Waals surface area contributed by atoms with Gasteiger partial charge >= 0.3 is 6.18 Å². The van der Waals surface area contributed by atoms with Gasteiger partial charge in [-0.2, -0.15) is 18.2 Å². The summed E-state index contributed by atoms with van der Waals surface area (Å²) in [6.45, 7) is 3.35. The van der Waals surface area contributed by atoms with Crippen LogP contribution in [0.2, 0.25) is 0 Å². The largest absolute Gasteiger partial charge is 0.437 e. The highest BCUT2D eigenvalue weighted by Gasteiger charge is 2.42. The van der Waals surface area contributed by atoms with Gasteiger partial charge in [-0.3, -0.25) is 9.59 Å². The van der Waals surface area contributed by atoms with Gasteiger partial charge in [-0.1, -0.05) is 36.4 Å². The molecule has 1 N–H and O–H groups in total. The Kier molecular flexibility index (Phi) is 8.56. The minimum absolute atomic E-state index is 0.0123. The number of pyridine rings is 1. The Labute approximate surface area is 256 Å². The van der Waals surface area contributed by atoms with Gasteiger partial charge in [0.15, 0.2) is 5.69 Å². The number of carbonyl (C=O) groups excluding carboxylic acids is 2. The number of aromatic nitrogens is 2. The number of amides is 2. The Morgan fingerprint density at radius 3 is 2.39 bits per heavy atom. The molecule has 2 aliphatic rings. The predicted octanol–water partition coefficient (Wildman–Crippen LogP) is 6.14. The number of carbonyl (C=O) groups is 2. The Balaban J connectivity index is 1.09. The first-order chi connectivity index (χ1) is 21.3. The summed E-state index contributed by atoms with van der Waals surface area (Å²) in [5.74, 6) is -0.986. The molecule has 2 fully saturated rings. The average Bonchev–Trinajstić information content (AvgIpc) is 3.68. The van der Waals surface area contributed by atoms with E-state index < -0.39 is 23.5 Å². The summed E-state index contributed by atoms with van der Waals surface area (Å²) >= 11 is 1.42. The first-order valence-corrected chi connectivity index (χ1v) is 15.4. The number of anilines is 3. The average molecular weight is 625 g/mol. The number of piperidine rings is 1. The van der Waals surface area contributed by atoms with Gasteiger partial charge in [0.25, 0.3) is 17.8 Å². The van der Waals surface area contributed by atoms with Crippen LogP contribution >= 0.6 is 11.3 Å². The fraction of sp³-hybridized carbons (Fsp3) is 0.355. The summed E-state index contributed by atoms with van der Waals surface area (Å²) in [6.07, 6.45) is -1.26. The van der Waals surface area contributed by atoms with E-state index >= 15 is 0 Å². The number of alkyl halides is 3. The summed E-state index contributed by atoms with van der Waals surface area (Å²) in [5.41, 5.74) is 0.0566. The highest BCUT2D eigenvalue weighted by Crippen LogP contribution is 2.36. The van der Waals surface area contributed by atoms with Gasteiger partial charge < -0.3 is 24.4 Å². The van der Waals surface area contributed by atoms with Gasteiger partial charge in [-0.25, -0.2) is 4.98 Å². The van der Waals surface area contributed by atoms with Crippen molar-refractivity contribution in [2.24, 2.45) is 0 Å².